The summed E-state index contributed by atoms with van der Waals surface area (Å²) in [5, 5.41) is 9.77. The van der Waals surface area contributed by atoms with Gasteiger partial charge in [-0.2, -0.15) is 0 Å². The second kappa shape index (κ2) is 10.5. The SMILES string of the molecule is CC1(C)c2ccccc2-c2cc(-c3c4ccccc4c(-c4nccc5ccccc45)c4ccc(-c5ccc6ccccc6c5)cc34)ccc21. The minimum Gasteiger partial charge on any atom is -0.256 e. The topological polar surface area (TPSA) is 12.9 Å². The van der Waals surface area contributed by atoms with E-state index in [1.807, 2.05) is 6.20 Å². The van der Waals surface area contributed by atoms with Crippen molar-refractivity contribution in [2.24, 2.45) is 0 Å². The molecule has 1 aliphatic carbocycles. The van der Waals surface area contributed by atoms with E-state index in [-0.39, 0.29) is 5.41 Å². The van der Waals surface area contributed by atoms with E-state index in [0.29, 0.717) is 0 Å². The van der Waals surface area contributed by atoms with Gasteiger partial charge in [-0.3, -0.25) is 4.98 Å². The van der Waals surface area contributed by atoms with E-state index in [9.17, 15) is 0 Å². The lowest BCUT2D eigenvalue weighted by atomic mass is 9.81. The summed E-state index contributed by atoms with van der Waals surface area (Å²) >= 11 is 0. The maximum Gasteiger partial charge on any atom is 0.0792 e. The van der Waals surface area contributed by atoms with Crippen LogP contribution in [0.2, 0.25) is 0 Å². The van der Waals surface area contributed by atoms with Gasteiger partial charge in [0.25, 0.3) is 0 Å². The monoisotopic (exact) mass is 623 g/mol. The molecule has 1 heteroatoms. The van der Waals surface area contributed by atoms with E-state index in [1.165, 1.54) is 93.2 Å². The Hall–Kier alpha value is -6.05. The predicted molar refractivity (Wildman–Crippen MR) is 208 cm³/mol. The minimum absolute atomic E-state index is 0.0399. The van der Waals surface area contributed by atoms with E-state index in [4.69, 9.17) is 4.98 Å². The maximum absolute atomic E-state index is 5.08. The molecule has 0 bridgehead atoms. The number of pyridine rings is 1. The second-order valence-corrected chi connectivity index (χ2v) is 13.9. The summed E-state index contributed by atoms with van der Waals surface area (Å²) in [7, 11) is 0. The Labute approximate surface area is 286 Å². The summed E-state index contributed by atoms with van der Waals surface area (Å²) in [4.78, 5) is 5.08. The van der Waals surface area contributed by atoms with Gasteiger partial charge in [0.2, 0.25) is 0 Å². The number of hydrogen-bond acceptors (Lipinski definition) is 1. The van der Waals surface area contributed by atoms with Crippen molar-refractivity contribution in [1.29, 1.82) is 0 Å². The average Bonchev–Trinajstić information content (AvgIpc) is 3.38. The summed E-state index contributed by atoms with van der Waals surface area (Å²) in [5.41, 5.74) is 12.6. The molecule has 1 aliphatic rings. The first-order valence-electron chi connectivity index (χ1n) is 17.1. The Bertz CT molecular complexity index is 2800. The van der Waals surface area contributed by atoms with Crippen LogP contribution >= 0.6 is 0 Å². The van der Waals surface area contributed by atoms with Gasteiger partial charge >= 0.3 is 0 Å². The first kappa shape index (κ1) is 28.0. The molecule has 0 saturated heterocycles. The third-order valence-corrected chi connectivity index (χ3v) is 10.9. The molecule has 0 aliphatic heterocycles. The number of aromatic nitrogens is 1. The molecular weight excluding hydrogens is 591 g/mol. The van der Waals surface area contributed by atoms with Crippen molar-refractivity contribution < 1.29 is 0 Å². The zero-order valence-electron chi connectivity index (χ0n) is 27.5. The summed E-state index contributed by atoms with van der Waals surface area (Å²) in [6.45, 7) is 4.70. The van der Waals surface area contributed by atoms with E-state index >= 15 is 0 Å². The Morgan fingerprint density at radius 1 is 0.388 bits per heavy atom. The fraction of sp³-hybridized carbons (Fsp3) is 0.0625. The van der Waals surface area contributed by atoms with E-state index in [2.05, 4.69) is 172 Å². The highest BCUT2D eigenvalue weighted by atomic mass is 14.7. The van der Waals surface area contributed by atoms with Crippen LogP contribution in [0.1, 0.15) is 25.0 Å². The third kappa shape index (κ3) is 4.15. The molecule has 0 radical (unpaired) electrons. The smallest absolute Gasteiger partial charge is 0.0792 e. The van der Waals surface area contributed by atoms with Crippen LogP contribution < -0.4 is 0 Å². The number of rotatable bonds is 3. The van der Waals surface area contributed by atoms with Crippen LogP contribution in [0, 0.1) is 0 Å². The first-order valence-corrected chi connectivity index (χ1v) is 17.1. The zero-order chi connectivity index (χ0) is 32.7. The Morgan fingerprint density at radius 2 is 1.00 bits per heavy atom. The van der Waals surface area contributed by atoms with Gasteiger partial charge < -0.3 is 0 Å². The van der Waals surface area contributed by atoms with Crippen molar-refractivity contribution in [3.63, 3.8) is 0 Å². The molecule has 49 heavy (non-hydrogen) atoms. The number of benzene rings is 8. The van der Waals surface area contributed by atoms with Crippen LogP contribution in [0.25, 0.3) is 87.7 Å². The van der Waals surface area contributed by atoms with Crippen molar-refractivity contribution in [3.8, 4) is 44.6 Å². The van der Waals surface area contributed by atoms with Crippen LogP contribution in [0.3, 0.4) is 0 Å². The Morgan fingerprint density at radius 3 is 1.86 bits per heavy atom. The van der Waals surface area contributed by atoms with E-state index < -0.39 is 0 Å². The van der Waals surface area contributed by atoms with Gasteiger partial charge in [-0.25, -0.2) is 0 Å². The van der Waals surface area contributed by atoms with Crippen molar-refractivity contribution >= 4 is 43.1 Å². The number of hydrogen-bond donors (Lipinski definition) is 0. The lowest BCUT2D eigenvalue weighted by molar-refractivity contribution is 0.660. The van der Waals surface area contributed by atoms with Crippen molar-refractivity contribution in [2.45, 2.75) is 19.3 Å². The molecule has 0 spiro atoms. The van der Waals surface area contributed by atoms with E-state index in [0.717, 1.165) is 5.69 Å². The summed E-state index contributed by atoms with van der Waals surface area (Å²) in [6.07, 6.45) is 1.95. The fourth-order valence-corrected chi connectivity index (χ4v) is 8.49. The summed E-state index contributed by atoms with van der Waals surface area (Å²) in [5.74, 6) is 0. The molecule has 0 unspecified atom stereocenters. The van der Waals surface area contributed by atoms with Gasteiger partial charge in [0, 0.05) is 22.6 Å². The standard InChI is InChI=1S/C48H33N/c1-48(2)43-18-10-9-15-37(43)41-29-35(22-24-44(41)48)45-38-16-7-8-17-39(38)46(47-36-14-6-5-12-31(36)25-26-49-47)40-23-21-34(28-42(40)45)33-20-19-30-11-3-4-13-32(30)27-33/h3-29H,1-2H3. The molecule has 10 rings (SSSR count). The first-order chi connectivity index (χ1) is 24.1. The van der Waals surface area contributed by atoms with Gasteiger partial charge in [0.15, 0.2) is 0 Å². The Kier molecular flexibility index (Phi) is 5.99. The van der Waals surface area contributed by atoms with Gasteiger partial charge in [0.1, 0.15) is 0 Å². The molecule has 0 amide bonds. The molecule has 1 aromatic heterocycles. The molecule has 230 valence electrons. The average molecular weight is 624 g/mol. The summed E-state index contributed by atoms with van der Waals surface area (Å²) < 4.78 is 0. The summed E-state index contributed by atoms with van der Waals surface area (Å²) in [6, 6.07) is 58.2. The molecule has 0 fully saturated rings. The third-order valence-electron chi connectivity index (χ3n) is 10.9. The number of fused-ring (bicyclic) bond motifs is 7. The van der Waals surface area contributed by atoms with Gasteiger partial charge in [-0.15, -0.1) is 0 Å². The molecular formula is C48H33N. The van der Waals surface area contributed by atoms with Crippen LogP contribution in [-0.2, 0) is 5.41 Å². The zero-order valence-corrected chi connectivity index (χ0v) is 27.5. The van der Waals surface area contributed by atoms with Crippen LogP contribution in [0.4, 0.5) is 0 Å². The van der Waals surface area contributed by atoms with Gasteiger partial charge in [0.05, 0.1) is 5.69 Å². The quantitative estimate of drug-likeness (QED) is 0.178. The minimum atomic E-state index is -0.0399. The lowest BCUT2D eigenvalue weighted by Crippen LogP contribution is -2.14. The fourth-order valence-electron chi connectivity index (χ4n) is 8.49. The van der Waals surface area contributed by atoms with E-state index in [1.54, 1.807) is 0 Å². The van der Waals surface area contributed by atoms with Crippen LogP contribution in [0.5, 0.6) is 0 Å². The molecule has 1 nitrogen and oxygen atoms in total. The normalized spacial score (nSPS) is 13.3. The molecule has 0 N–H and O–H groups in total. The highest BCUT2D eigenvalue weighted by molar-refractivity contribution is 6.23. The van der Waals surface area contributed by atoms with Gasteiger partial charge in [-0.05, 0) is 106 Å². The van der Waals surface area contributed by atoms with Crippen molar-refractivity contribution in [2.75, 3.05) is 0 Å². The van der Waals surface area contributed by atoms with Crippen molar-refractivity contribution in [3.05, 3.63) is 175 Å². The predicted octanol–water partition coefficient (Wildman–Crippen LogP) is 13.0. The van der Waals surface area contributed by atoms with Crippen molar-refractivity contribution in [1.82, 2.24) is 4.98 Å². The van der Waals surface area contributed by atoms with Gasteiger partial charge in [-0.1, -0.05) is 147 Å². The van der Waals surface area contributed by atoms with Crippen LogP contribution in [0.15, 0.2) is 164 Å². The molecule has 1 heterocycles. The highest BCUT2D eigenvalue weighted by Gasteiger charge is 2.35. The molecule has 8 aromatic carbocycles. The maximum atomic E-state index is 5.08. The number of nitrogens with zero attached hydrogens (tertiary/aromatic N) is 1. The molecule has 9 aromatic rings. The second-order valence-electron chi connectivity index (χ2n) is 13.9. The Balaban J connectivity index is 1.32. The highest BCUT2D eigenvalue weighted by Crippen LogP contribution is 2.51. The molecule has 0 atom stereocenters. The van der Waals surface area contributed by atoms with Crippen LogP contribution in [-0.4, -0.2) is 4.98 Å². The largest absolute Gasteiger partial charge is 0.256 e. The molecule has 0 saturated carbocycles. The lowest BCUT2D eigenvalue weighted by Gasteiger charge is -2.22.